The zero-order valence-corrected chi connectivity index (χ0v) is 16.2. The summed E-state index contributed by atoms with van der Waals surface area (Å²) in [5, 5.41) is 3.20. The highest BCUT2D eigenvalue weighted by Gasteiger charge is 2.31. The van der Waals surface area contributed by atoms with E-state index in [1.54, 1.807) is 19.1 Å². The van der Waals surface area contributed by atoms with E-state index in [2.05, 4.69) is 5.32 Å². The normalized spacial score (nSPS) is 19.9. The van der Waals surface area contributed by atoms with Crippen LogP contribution in [0.5, 0.6) is 11.5 Å². The van der Waals surface area contributed by atoms with Crippen LogP contribution in [0.15, 0.2) is 12.1 Å². The van der Waals surface area contributed by atoms with Crippen LogP contribution in [0.4, 0.5) is 5.69 Å². The average molecular weight is 397 g/mol. The Labute approximate surface area is 163 Å². The summed E-state index contributed by atoms with van der Waals surface area (Å²) in [4.78, 5) is 26.6. The first-order valence-electron chi connectivity index (χ1n) is 9.38. The second-order valence-corrected chi connectivity index (χ2v) is 7.02. The highest BCUT2D eigenvalue weighted by atomic mass is 35.5. The Morgan fingerprint density at radius 2 is 1.96 bits per heavy atom. The maximum Gasteiger partial charge on any atom is 0.323 e. The van der Waals surface area contributed by atoms with E-state index in [1.807, 2.05) is 4.90 Å². The molecule has 0 aromatic heterocycles. The Bertz CT molecular complexity index is 697. The second kappa shape index (κ2) is 9.28. The van der Waals surface area contributed by atoms with Crippen molar-refractivity contribution in [1.29, 1.82) is 0 Å². The van der Waals surface area contributed by atoms with Gasteiger partial charge in [-0.1, -0.05) is 18.0 Å². The molecule has 1 atom stereocenters. The van der Waals surface area contributed by atoms with Gasteiger partial charge in [-0.25, -0.2) is 0 Å². The topological polar surface area (TPSA) is 77.1 Å². The van der Waals surface area contributed by atoms with Crippen molar-refractivity contribution in [3.8, 4) is 11.5 Å². The highest BCUT2D eigenvalue weighted by Crippen LogP contribution is 2.37. The van der Waals surface area contributed by atoms with E-state index in [-0.39, 0.29) is 24.5 Å². The maximum atomic E-state index is 12.6. The number of likely N-dealkylation sites (tertiary alicyclic amines) is 1. The molecule has 3 rings (SSSR count). The predicted molar refractivity (Wildman–Crippen MR) is 102 cm³/mol. The molecule has 1 fully saturated rings. The Balaban J connectivity index is 1.66. The average Bonchev–Trinajstić information content (AvgIpc) is 2.87. The standard InChI is InChI=1S/C19H25ClN2O5/c1-2-25-19(24)15-6-3-4-7-22(15)12-18(23)21-14-11-17-16(10-13(14)20)26-8-5-9-27-17/h10-11,15H,2-9,12H2,1H3,(H,21,23)/t15-/m0/s1. The van der Waals surface area contributed by atoms with E-state index in [1.165, 1.54) is 0 Å². The smallest absolute Gasteiger partial charge is 0.323 e. The number of anilines is 1. The summed E-state index contributed by atoms with van der Waals surface area (Å²) in [5.41, 5.74) is 0.468. The Kier molecular flexibility index (Phi) is 6.79. The number of halogens is 1. The first-order chi connectivity index (χ1) is 13.1. The van der Waals surface area contributed by atoms with E-state index in [9.17, 15) is 9.59 Å². The Hall–Kier alpha value is -1.99. The van der Waals surface area contributed by atoms with Crippen molar-refractivity contribution >= 4 is 29.2 Å². The van der Waals surface area contributed by atoms with Gasteiger partial charge in [0.05, 0.1) is 37.1 Å². The van der Waals surface area contributed by atoms with Crippen LogP contribution in [-0.2, 0) is 14.3 Å². The lowest BCUT2D eigenvalue weighted by Gasteiger charge is -2.33. The van der Waals surface area contributed by atoms with E-state index < -0.39 is 0 Å². The van der Waals surface area contributed by atoms with Crippen LogP contribution in [0.25, 0.3) is 0 Å². The summed E-state index contributed by atoms with van der Waals surface area (Å²) in [6.07, 6.45) is 3.40. The van der Waals surface area contributed by atoms with Crippen LogP contribution < -0.4 is 14.8 Å². The molecular formula is C19H25ClN2O5. The first kappa shape index (κ1) is 19.8. The molecule has 0 radical (unpaired) electrons. The molecule has 0 aliphatic carbocycles. The molecule has 27 heavy (non-hydrogen) atoms. The Morgan fingerprint density at radius 1 is 1.22 bits per heavy atom. The summed E-state index contributed by atoms with van der Waals surface area (Å²) in [5.74, 6) is 0.643. The number of rotatable bonds is 5. The molecule has 2 aliphatic rings. The van der Waals surface area contributed by atoms with Gasteiger partial charge in [-0.2, -0.15) is 0 Å². The second-order valence-electron chi connectivity index (χ2n) is 6.61. The lowest BCUT2D eigenvalue weighted by molar-refractivity contribution is -0.151. The van der Waals surface area contributed by atoms with Gasteiger partial charge in [0.15, 0.2) is 11.5 Å². The number of nitrogens with one attached hydrogen (secondary N) is 1. The third kappa shape index (κ3) is 5.05. The van der Waals surface area contributed by atoms with E-state index in [0.29, 0.717) is 55.0 Å². The van der Waals surface area contributed by atoms with Gasteiger partial charge in [0.1, 0.15) is 6.04 Å². The summed E-state index contributed by atoms with van der Waals surface area (Å²) >= 11 is 6.28. The van der Waals surface area contributed by atoms with Crippen LogP contribution in [0.1, 0.15) is 32.6 Å². The molecule has 0 bridgehead atoms. The zero-order chi connectivity index (χ0) is 19.2. The quantitative estimate of drug-likeness (QED) is 0.771. The minimum Gasteiger partial charge on any atom is -0.490 e. The van der Waals surface area contributed by atoms with Gasteiger partial charge in [0.2, 0.25) is 5.91 Å². The number of benzene rings is 1. The van der Waals surface area contributed by atoms with Gasteiger partial charge in [-0.3, -0.25) is 14.5 Å². The van der Waals surface area contributed by atoms with Crippen LogP contribution in [0.3, 0.4) is 0 Å². The maximum absolute atomic E-state index is 12.6. The van der Waals surface area contributed by atoms with Crippen molar-refractivity contribution in [2.45, 2.75) is 38.6 Å². The summed E-state index contributed by atoms with van der Waals surface area (Å²) in [7, 11) is 0. The van der Waals surface area contributed by atoms with Gasteiger partial charge < -0.3 is 19.5 Å². The monoisotopic (exact) mass is 396 g/mol. The van der Waals surface area contributed by atoms with Gasteiger partial charge >= 0.3 is 5.97 Å². The molecule has 1 N–H and O–H groups in total. The molecule has 1 aromatic carbocycles. The van der Waals surface area contributed by atoms with Crippen molar-refractivity contribution in [2.24, 2.45) is 0 Å². The fourth-order valence-electron chi connectivity index (χ4n) is 3.34. The highest BCUT2D eigenvalue weighted by molar-refractivity contribution is 6.34. The van der Waals surface area contributed by atoms with Crippen LogP contribution in [0, 0.1) is 0 Å². The van der Waals surface area contributed by atoms with Gasteiger partial charge in [0, 0.05) is 18.6 Å². The third-order valence-electron chi connectivity index (χ3n) is 4.63. The van der Waals surface area contributed by atoms with Gasteiger partial charge in [-0.15, -0.1) is 0 Å². The number of hydrogen-bond acceptors (Lipinski definition) is 6. The molecule has 2 aliphatic heterocycles. The van der Waals surface area contributed by atoms with Crippen molar-refractivity contribution in [1.82, 2.24) is 4.90 Å². The molecule has 1 amide bonds. The number of carbonyl (C=O) groups is 2. The zero-order valence-electron chi connectivity index (χ0n) is 15.5. The number of hydrogen-bond donors (Lipinski definition) is 1. The largest absolute Gasteiger partial charge is 0.490 e. The lowest BCUT2D eigenvalue weighted by Crippen LogP contribution is -2.48. The molecule has 7 nitrogen and oxygen atoms in total. The molecule has 8 heteroatoms. The molecule has 0 spiro atoms. The van der Waals surface area contributed by atoms with Gasteiger partial charge in [-0.05, 0) is 26.3 Å². The lowest BCUT2D eigenvalue weighted by atomic mass is 10.0. The van der Waals surface area contributed by atoms with Crippen molar-refractivity contribution < 1.29 is 23.8 Å². The molecule has 148 valence electrons. The molecular weight excluding hydrogens is 372 g/mol. The Morgan fingerprint density at radius 3 is 2.70 bits per heavy atom. The van der Waals surface area contributed by atoms with Crippen LogP contribution in [0.2, 0.25) is 5.02 Å². The molecule has 0 unspecified atom stereocenters. The van der Waals surface area contributed by atoms with Crippen LogP contribution in [-0.4, -0.2) is 55.7 Å². The number of nitrogens with zero attached hydrogens (tertiary/aromatic N) is 1. The predicted octanol–water partition coefficient (Wildman–Crippen LogP) is 2.86. The molecule has 0 saturated carbocycles. The van der Waals surface area contributed by atoms with E-state index in [0.717, 1.165) is 19.3 Å². The number of fused-ring (bicyclic) bond motifs is 1. The van der Waals surface area contributed by atoms with Gasteiger partial charge in [0.25, 0.3) is 0 Å². The molecule has 1 aromatic rings. The van der Waals surface area contributed by atoms with Crippen molar-refractivity contribution in [3.05, 3.63) is 17.2 Å². The fraction of sp³-hybridized carbons (Fsp3) is 0.579. The number of piperidine rings is 1. The number of esters is 1. The number of carbonyl (C=O) groups excluding carboxylic acids is 2. The van der Waals surface area contributed by atoms with Crippen molar-refractivity contribution in [2.75, 3.05) is 38.2 Å². The summed E-state index contributed by atoms with van der Waals surface area (Å²) in [6, 6.07) is 2.96. The van der Waals surface area contributed by atoms with E-state index >= 15 is 0 Å². The minimum absolute atomic E-state index is 0.105. The minimum atomic E-state index is -0.372. The van der Waals surface area contributed by atoms with E-state index in [4.69, 9.17) is 25.8 Å². The number of amides is 1. The summed E-state index contributed by atoms with van der Waals surface area (Å²) in [6.45, 7) is 4.03. The fourth-order valence-corrected chi connectivity index (χ4v) is 3.54. The molecule has 1 saturated heterocycles. The first-order valence-corrected chi connectivity index (χ1v) is 9.76. The SMILES string of the molecule is CCOC(=O)[C@@H]1CCCCN1CC(=O)Nc1cc2c(cc1Cl)OCCCO2. The number of ether oxygens (including phenoxy) is 3. The molecule has 2 heterocycles. The third-order valence-corrected chi connectivity index (χ3v) is 4.94. The van der Waals surface area contributed by atoms with Crippen molar-refractivity contribution in [3.63, 3.8) is 0 Å². The summed E-state index contributed by atoms with van der Waals surface area (Å²) < 4.78 is 16.4. The van der Waals surface area contributed by atoms with Crippen LogP contribution >= 0.6 is 11.6 Å².